The van der Waals surface area contributed by atoms with E-state index in [4.69, 9.17) is 0 Å². The van der Waals surface area contributed by atoms with E-state index in [1.165, 1.54) is 14.0 Å². The van der Waals surface area contributed by atoms with E-state index in [0.717, 1.165) is 11.1 Å². The summed E-state index contributed by atoms with van der Waals surface area (Å²) < 4.78 is 4.52. The fourth-order valence-corrected chi connectivity index (χ4v) is 1.20. The quantitative estimate of drug-likeness (QED) is 0.616. The first-order chi connectivity index (χ1) is 6.13. The predicted molar refractivity (Wildman–Crippen MR) is 48.1 cm³/mol. The second kappa shape index (κ2) is 4.03. The van der Waals surface area contributed by atoms with Crippen molar-refractivity contribution in [3.05, 3.63) is 23.3 Å². The molecule has 0 radical (unpaired) electrons. The van der Waals surface area contributed by atoms with Crippen LogP contribution >= 0.6 is 0 Å². The number of hydrogen-bond donors (Lipinski definition) is 0. The van der Waals surface area contributed by atoms with Gasteiger partial charge < -0.3 is 4.74 Å². The van der Waals surface area contributed by atoms with Crippen LogP contribution in [0.5, 0.6) is 0 Å². The monoisotopic (exact) mass is 180 g/mol. The Labute approximate surface area is 77.1 Å². The van der Waals surface area contributed by atoms with E-state index in [1.54, 1.807) is 6.08 Å². The minimum Gasteiger partial charge on any atom is -0.469 e. The summed E-state index contributed by atoms with van der Waals surface area (Å²) in [6.07, 6.45) is 4.45. The van der Waals surface area contributed by atoms with Crippen LogP contribution in [0.15, 0.2) is 23.3 Å². The fraction of sp³-hybridized carbons (Fsp3) is 0.400. The number of allylic oxidation sites excluding steroid dienone is 3. The summed E-state index contributed by atoms with van der Waals surface area (Å²) in [6, 6.07) is 0. The molecule has 0 saturated heterocycles. The third kappa shape index (κ3) is 2.54. The van der Waals surface area contributed by atoms with Crippen molar-refractivity contribution in [3.8, 4) is 0 Å². The van der Waals surface area contributed by atoms with Gasteiger partial charge in [0.2, 0.25) is 0 Å². The van der Waals surface area contributed by atoms with Crippen molar-refractivity contribution >= 4 is 11.8 Å². The third-order valence-corrected chi connectivity index (χ3v) is 1.99. The topological polar surface area (TPSA) is 43.4 Å². The summed E-state index contributed by atoms with van der Waals surface area (Å²) in [6.45, 7) is 1.53. The van der Waals surface area contributed by atoms with Gasteiger partial charge in [0.1, 0.15) is 0 Å². The summed E-state index contributed by atoms with van der Waals surface area (Å²) >= 11 is 0. The number of Topliss-reactive ketones (excluding diaryl/α,β-unsaturated/α-hetero) is 1. The maximum atomic E-state index is 10.9. The number of carbonyl (C=O) groups is 2. The van der Waals surface area contributed by atoms with Gasteiger partial charge in [0.25, 0.3) is 0 Å². The van der Waals surface area contributed by atoms with Crippen LogP contribution in [0, 0.1) is 0 Å². The molecule has 0 spiro atoms. The first kappa shape index (κ1) is 9.71. The van der Waals surface area contributed by atoms with Crippen LogP contribution < -0.4 is 0 Å². The fourth-order valence-electron chi connectivity index (χ4n) is 1.20. The molecule has 13 heavy (non-hydrogen) atoms. The Morgan fingerprint density at radius 3 is 2.62 bits per heavy atom. The van der Waals surface area contributed by atoms with Crippen LogP contribution in [0.25, 0.3) is 0 Å². The molecule has 0 heterocycles. The van der Waals surface area contributed by atoms with Crippen molar-refractivity contribution in [2.75, 3.05) is 7.11 Å². The number of hydrogen-bond acceptors (Lipinski definition) is 3. The van der Waals surface area contributed by atoms with Gasteiger partial charge in [-0.05, 0) is 18.9 Å². The van der Waals surface area contributed by atoms with Crippen LogP contribution in [0.4, 0.5) is 0 Å². The molecule has 0 amide bonds. The van der Waals surface area contributed by atoms with Gasteiger partial charge in [-0.2, -0.15) is 0 Å². The number of rotatable bonds is 3. The molecule has 1 aliphatic rings. The standard InChI is InChI=1S/C10H12O3/c1-7(11)9-4-3-8(5-9)6-10(12)13-2/h3-4H,5-6H2,1-2H3. The number of ether oxygens (including phenoxy) is 1. The summed E-state index contributed by atoms with van der Waals surface area (Å²) in [7, 11) is 1.36. The molecule has 0 bridgehead atoms. The lowest BCUT2D eigenvalue weighted by molar-refractivity contribution is -0.139. The maximum absolute atomic E-state index is 10.9. The van der Waals surface area contributed by atoms with Gasteiger partial charge in [0, 0.05) is 0 Å². The molecule has 0 aliphatic heterocycles. The molecule has 3 heteroatoms. The van der Waals surface area contributed by atoms with E-state index in [9.17, 15) is 9.59 Å². The van der Waals surface area contributed by atoms with E-state index in [2.05, 4.69) is 4.74 Å². The van der Waals surface area contributed by atoms with E-state index in [0.29, 0.717) is 6.42 Å². The predicted octanol–water partition coefficient (Wildman–Crippen LogP) is 1.39. The zero-order chi connectivity index (χ0) is 9.84. The smallest absolute Gasteiger partial charge is 0.309 e. The highest BCUT2D eigenvalue weighted by Gasteiger charge is 2.14. The van der Waals surface area contributed by atoms with Crippen molar-refractivity contribution in [2.45, 2.75) is 19.8 Å². The average Bonchev–Trinajstić information content (AvgIpc) is 2.52. The van der Waals surface area contributed by atoms with E-state index in [1.807, 2.05) is 6.08 Å². The van der Waals surface area contributed by atoms with Crippen LogP contribution in [0.1, 0.15) is 19.8 Å². The van der Waals surface area contributed by atoms with Gasteiger partial charge in [0.05, 0.1) is 13.5 Å². The third-order valence-electron chi connectivity index (χ3n) is 1.99. The maximum Gasteiger partial charge on any atom is 0.309 e. The van der Waals surface area contributed by atoms with Crippen molar-refractivity contribution < 1.29 is 14.3 Å². The Morgan fingerprint density at radius 2 is 2.15 bits per heavy atom. The zero-order valence-electron chi connectivity index (χ0n) is 7.79. The minimum absolute atomic E-state index is 0.0658. The van der Waals surface area contributed by atoms with Gasteiger partial charge in [0.15, 0.2) is 5.78 Å². The van der Waals surface area contributed by atoms with Crippen molar-refractivity contribution in [3.63, 3.8) is 0 Å². The molecule has 0 saturated carbocycles. The summed E-state index contributed by atoms with van der Waals surface area (Å²) in [5, 5.41) is 0. The number of esters is 1. The molecule has 0 atom stereocenters. The first-order valence-electron chi connectivity index (χ1n) is 4.10. The molecule has 3 nitrogen and oxygen atoms in total. The van der Waals surface area contributed by atoms with Gasteiger partial charge in [-0.3, -0.25) is 9.59 Å². The first-order valence-corrected chi connectivity index (χ1v) is 4.10. The lowest BCUT2D eigenvalue weighted by Gasteiger charge is -2.01. The largest absolute Gasteiger partial charge is 0.469 e. The van der Waals surface area contributed by atoms with E-state index < -0.39 is 0 Å². The second-order valence-corrected chi connectivity index (χ2v) is 3.00. The molecule has 0 fully saturated rings. The number of carbonyl (C=O) groups excluding carboxylic acids is 2. The van der Waals surface area contributed by atoms with Gasteiger partial charge in [-0.25, -0.2) is 0 Å². The summed E-state index contributed by atoms with van der Waals surface area (Å²) in [4.78, 5) is 21.8. The second-order valence-electron chi connectivity index (χ2n) is 3.00. The van der Waals surface area contributed by atoms with Crippen LogP contribution in [0.2, 0.25) is 0 Å². The van der Waals surface area contributed by atoms with Gasteiger partial charge in [-0.15, -0.1) is 0 Å². The SMILES string of the molecule is COC(=O)CC1=CC=C(C(C)=O)C1. The van der Waals surface area contributed by atoms with Gasteiger partial charge in [-0.1, -0.05) is 17.7 Å². The Hall–Kier alpha value is -1.38. The Kier molecular flexibility index (Phi) is 3.01. The van der Waals surface area contributed by atoms with Crippen molar-refractivity contribution in [1.82, 2.24) is 0 Å². The Morgan fingerprint density at radius 1 is 1.46 bits per heavy atom. The highest BCUT2D eigenvalue weighted by Crippen LogP contribution is 2.22. The van der Waals surface area contributed by atoms with Crippen molar-refractivity contribution in [2.24, 2.45) is 0 Å². The van der Waals surface area contributed by atoms with E-state index in [-0.39, 0.29) is 18.2 Å². The van der Waals surface area contributed by atoms with Crippen molar-refractivity contribution in [1.29, 1.82) is 0 Å². The van der Waals surface area contributed by atoms with Crippen LogP contribution in [0.3, 0.4) is 0 Å². The lowest BCUT2D eigenvalue weighted by atomic mass is 10.1. The normalized spacial score (nSPS) is 14.9. The lowest BCUT2D eigenvalue weighted by Crippen LogP contribution is -2.02. The number of methoxy groups -OCH3 is 1. The zero-order valence-corrected chi connectivity index (χ0v) is 7.79. The summed E-state index contributed by atoms with van der Waals surface area (Å²) in [5.74, 6) is -0.194. The molecule has 1 aliphatic carbocycles. The van der Waals surface area contributed by atoms with E-state index >= 15 is 0 Å². The minimum atomic E-state index is -0.260. The highest BCUT2D eigenvalue weighted by molar-refractivity contribution is 5.95. The molecule has 70 valence electrons. The molecule has 0 aromatic heterocycles. The molecule has 0 unspecified atom stereocenters. The number of ketones is 1. The Bertz CT molecular complexity index is 297. The Balaban J connectivity index is 2.45. The summed E-state index contributed by atoms with van der Waals surface area (Å²) in [5.41, 5.74) is 1.70. The molecule has 0 N–H and O–H groups in total. The average molecular weight is 180 g/mol. The van der Waals surface area contributed by atoms with Crippen LogP contribution in [-0.4, -0.2) is 18.9 Å². The molecule has 1 rings (SSSR count). The molecule has 0 aromatic carbocycles. The van der Waals surface area contributed by atoms with Crippen LogP contribution in [-0.2, 0) is 14.3 Å². The highest BCUT2D eigenvalue weighted by atomic mass is 16.5. The molecular formula is C10H12O3. The molecule has 0 aromatic rings. The molecular weight excluding hydrogens is 168 g/mol. The van der Waals surface area contributed by atoms with Gasteiger partial charge >= 0.3 is 5.97 Å².